The normalized spacial score (nSPS) is 20.3. The molecule has 6 heteroatoms. The molecule has 2 heterocycles. The van der Waals surface area contributed by atoms with Crippen LogP contribution in [-0.2, 0) is 4.79 Å². The van der Waals surface area contributed by atoms with Gasteiger partial charge in [-0.2, -0.15) is 5.10 Å². The summed E-state index contributed by atoms with van der Waals surface area (Å²) in [5, 5.41) is 7.18. The number of carbonyl (C=O) groups excluding carboxylic acids is 2. The summed E-state index contributed by atoms with van der Waals surface area (Å²) in [4.78, 5) is 24.0. The molecule has 1 amide bonds. The van der Waals surface area contributed by atoms with Crippen molar-refractivity contribution in [2.24, 2.45) is 0 Å². The Bertz CT molecular complexity index is 823. The molecule has 0 aliphatic carbocycles. The lowest BCUT2D eigenvalue weighted by Crippen LogP contribution is -2.36. The van der Waals surface area contributed by atoms with E-state index in [0.29, 0.717) is 18.7 Å². The Labute approximate surface area is 146 Å². The van der Waals surface area contributed by atoms with Crippen molar-refractivity contribution in [3.05, 3.63) is 53.4 Å². The molecule has 1 aromatic heterocycles. The quantitative estimate of drug-likeness (QED) is 0.640. The summed E-state index contributed by atoms with van der Waals surface area (Å²) in [6, 6.07) is 8.60. The molecule has 2 bridgehead atoms. The van der Waals surface area contributed by atoms with Crippen LogP contribution >= 0.6 is 0 Å². The largest absolute Gasteiger partial charge is 0.493 e. The third-order valence-corrected chi connectivity index (χ3v) is 4.09. The monoisotopic (exact) mass is 339 g/mol. The molecule has 130 valence electrons. The molecular formula is C19H21N3O3. The van der Waals surface area contributed by atoms with Crippen molar-refractivity contribution in [3.8, 4) is 11.4 Å². The second-order valence-corrected chi connectivity index (χ2v) is 6.18. The van der Waals surface area contributed by atoms with E-state index in [4.69, 9.17) is 4.74 Å². The molecule has 25 heavy (non-hydrogen) atoms. The van der Waals surface area contributed by atoms with Crippen LogP contribution in [0, 0.1) is 6.92 Å². The zero-order valence-corrected chi connectivity index (χ0v) is 14.4. The van der Waals surface area contributed by atoms with Gasteiger partial charge >= 0.3 is 0 Å². The van der Waals surface area contributed by atoms with Gasteiger partial charge in [-0.05, 0) is 38.5 Å². The van der Waals surface area contributed by atoms with Gasteiger partial charge in [-0.1, -0.05) is 17.7 Å². The summed E-state index contributed by atoms with van der Waals surface area (Å²) in [5.74, 6) is 0.403. The third kappa shape index (κ3) is 3.96. The standard InChI is InChI=1S/C19H21N3O3/c1-13-6-7-15(12-23)20-19(24)18-10-14(2)21-22(18)16-4-3-5-17(11-16)25-9-8-13/h3-6,10-12,15H,7-9H2,1-2H3,(H,20,24)/b13-6+. The minimum Gasteiger partial charge on any atom is -0.493 e. The number of aromatic nitrogens is 2. The fourth-order valence-electron chi connectivity index (χ4n) is 2.71. The maximum Gasteiger partial charge on any atom is 0.270 e. The highest BCUT2D eigenvalue weighted by Gasteiger charge is 2.19. The van der Waals surface area contributed by atoms with Crippen molar-refractivity contribution in [1.29, 1.82) is 0 Å². The lowest BCUT2D eigenvalue weighted by atomic mass is 10.1. The topological polar surface area (TPSA) is 73.2 Å². The molecule has 2 aromatic rings. The molecule has 1 aromatic carbocycles. The number of benzene rings is 1. The highest BCUT2D eigenvalue weighted by Crippen LogP contribution is 2.20. The maximum atomic E-state index is 12.7. The number of hydrogen-bond acceptors (Lipinski definition) is 4. The first-order chi connectivity index (χ1) is 12.1. The maximum absolute atomic E-state index is 12.7. The summed E-state index contributed by atoms with van der Waals surface area (Å²) in [6.45, 7) is 4.37. The van der Waals surface area contributed by atoms with Crippen molar-refractivity contribution < 1.29 is 14.3 Å². The van der Waals surface area contributed by atoms with E-state index in [-0.39, 0.29) is 5.91 Å². The number of ether oxygens (including phenoxy) is 1. The first kappa shape index (κ1) is 17.0. The highest BCUT2D eigenvalue weighted by atomic mass is 16.5. The fourth-order valence-corrected chi connectivity index (χ4v) is 2.71. The molecule has 6 nitrogen and oxygen atoms in total. The summed E-state index contributed by atoms with van der Waals surface area (Å²) < 4.78 is 7.39. The molecule has 0 saturated carbocycles. The fraction of sp³-hybridized carbons (Fsp3) is 0.316. The molecule has 1 atom stereocenters. The van der Waals surface area contributed by atoms with E-state index < -0.39 is 6.04 Å². The van der Waals surface area contributed by atoms with E-state index in [1.807, 2.05) is 44.2 Å². The first-order valence-corrected chi connectivity index (χ1v) is 8.28. The second-order valence-electron chi connectivity index (χ2n) is 6.18. The summed E-state index contributed by atoms with van der Waals surface area (Å²) in [7, 11) is 0. The Morgan fingerprint density at radius 2 is 2.16 bits per heavy atom. The van der Waals surface area contributed by atoms with E-state index in [1.165, 1.54) is 0 Å². The van der Waals surface area contributed by atoms with E-state index >= 15 is 0 Å². The van der Waals surface area contributed by atoms with Gasteiger partial charge < -0.3 is 14.8 Å². The number of aldehydes is 1. The van der Waals surface area contributed by atoms with Crippen molar-refractivity contribution in [3.63, 3.8) is 0 Å². The number of aryl methyl sites for hydroxylation is 1. The van der Waals surface area contributed by atoms with Crippen molar-refractivity contribution in [1.82, 2.24) is 15.1 Å². The molecule has 0 saturated heterocycles. The zero-order valence-electron chi connectivity index (χ0n) is 14.4. The molecule has 1 aliphatic rings. The van der Waals surface area contributed by atoms with Crippen molar-refractivity contribution >= 4 is 12.2 Å². The van der Waals surface area contributed by atoms with Crippen LogP contribution < -0.4 is 10.1 Å². The minimum absolute atomic E-state index is 0.327. The van der Waals surface area contributed by atoms with Crippen LogP contribution in [0.1, 0.15) is 35.9 Å². The van der Waals surface area contributed by atoms with Gasteiger partial charge in [0.05, 0.1) is 24.0 Å². The first-order valence-electron chi connectivity index (χ1n) is 8.28. The van der Waals surface area contributed by atoms with E-state index in [1.54, 1.807) is 10.7 Å². The van der Waals surface area contributed by atoms with Crippen molar-refractivity contribution in [2.75, 3.05) is 6.61 Å². The van der Waals surface area contributed by atoms with Crippen LogP contribution in [0.4, 0.5) is 0 Å². The molecule has 1 N–H and O–H groups in total. The SMILES string of the molecule is C/C1=C\CC(C=O)NC(=O)c2cc(C)nn2-c2cccc(c2)OCC1. The molecule has 0 fully saturated rings. The van der Waals surface area contributed by atoms with Crippen LogP contribution in [0.15, 0.2) is 42.0 Å². The minimum atomic E-state index is -0.568. The van der Waals surface area contributed by atoms with E-state index in [0.717, 1.165) is 35.4 Å². The number of amides is 1. The van der Waals surface area contributed by atoms with E-state index in [9.17, 15) is 9.59 Å². The Morgan fingerprint density at radius 3 is 2.96 bits per heavy atom. The van der Waals surface area contributed by atoms with Crippen LogP contribution in [0.25, 0.3) is 5.69 Å². The Kier molecular flexibility index (Phi) is 4.97. The van der Waals surface area contributed by atoms with Gasteiger partial charge in [0.25, 0.3) is 5.91 Å². The van der Waals surface area contributed by atoms with Gasteiger partial charge in [-0.25, -0.2) is 4.68 Å². The van der Waals surface area contributed by atoms with Crippen LogP contribution in [0.3, 0.4) is 0 Å². The summed E-state index contributed by atoms with van der Waals surface area (Å²) >= 11 is 0. The number of hydrogen-bond donors (Lipinski definition) is 1. The Balaban J connectivity index is 2.04. The Hall–Kier alpha value is -2.89. The van der Waals surface area contributed by atoms with Crippen LogP contribution in [-0.4, -0.2) is 34.6 Å². The van der Waals surface area contributed by atoms with Crippen molar-refractivity contribution in [2.45, 2.75) is 32.7 Å². The van der Waals surface area contributed by atoms with E-state index in [2.05, 4.69) is 10.4 Å². The third-order valence-electron chi connectivity index (χ3n) is 4.09. The smallest absolute Gasteiger partial charge is 0.270 e. The summed E-state index contributed by atoms with van der Waals surface area (Å²) in [6.07, 6.45) is 3.95. The van der Waals surface area contributed by atoms with Gasteiger partial charge in [-0.3, -0.25) is 4.79 Å². The number of fused-ring (bicyclic) bond motifs is 4. The zero-order chi connectivity index (χ0) is 17.8. The highest BCUT2D eigenvalue weighted by molar-refractivity contribution is 5.94. The molecule has 0 spiro atoms. The van der Waals surface area contributed by atoms with Gasteiger partial charge in [0.15, 0.2) is 0 Å². The Morgan fingerprint density at radius 1 is 1.32 bits per heavy atom. The molecule has 3 rings (SSSR count). The predicted octanol–water partition coefficient (Wildman–Crippen LogP) is 2.60. The lowest BCUT2D eigenvalue weighted by molar-refractivity contribution is -0.109. The molecule has 1 unspecified atom stereocenters. The number of rotatable bonds is 1. The van der Waals surface area contributed by atoms with Crippen LogP contribution in [0.2, 0.25) is 0 Å². The average molecular weight is 339 g/mol. The number of nitrogens with zero attached hydrogens (tertiary/aromatic N) is 2. The number of carbonyl (C=O) groups is 2. The lowest BCUT2D eigenvalue weighted by Gasteiger charge is -2.15. The molecule has 1 aliphatic heterocycles. The number of nitrogens with one attached hydrogen (secondary N) is 1. The summed E-state index contributed by atoms with van der Waals surface area (Å²) in [5.41, 5.74) is 2.97. The second kappa shape index (κ2) is 7.34. The average Bonchev–Trinajstić information content (AvgIpc) is 3.00. The van der Waals surface area contributed by atoms with Gasteiger partial charge in [0.1, 0.15) is 17.7 Å². The van der Waals surface area contributed by atoms with Gasteiger partial charge in [0.2, 0.25) is 0 Å². The molecule has 0 radical (unpaired) electrons. The van der Waals surface area contributed by atoms with Gasteiger partial charge in [-0.15, -0.1) is 0 Å². The van der Waals surface area contributed by atoms with Crippen LogP contribution in [0.5, 0.6) is 5.75 Å². The van der Waals surface area contributed by atoms with Gasteiger partial charge in [0, 0.05) is 12.5 Å². The molecular weight excluding hydrogens is 318 g/mol. The predicted molar refractivity (Wildman–Crippen MR) is 94.1 cm³/mol.